The van der Waals surface area contributed by atoms with Crippen LogP contribution in [-0.4, -0.2) is 26.2 Å². The third kappa shape index (κ3) is 3.59. The summed E-state index contributed by atoms with van der Waals surface area (Å²) in [5.41, 5.74) is 0.504. The number of hydrogen-bond donors (Lipinski definition) is 2. The molecule has 1 aromatic rings. The summed E-state index contributed by atoms with van der Waals surface area (Å²) in [5, 5.41) is 9.52. The van der Waals surface area contributed by atoms with Gasteiger partial charge in [-0.25, -0.2) is 13.1 Å². The number of aryl methyl sites for hydroxylation is 1. The predicted octanol–water partition coefficient (Wildman–Crippen LogP) is 2.35. The number of hydrogen-bond acceptors (Lipinski definition) is 3. The molecule has 0 aliphatic heterocycles. The normalized spacial score (nSPS) is 13.6. The van der Waals surface area contributed by atoms with Crippen molar-refractivity contribution in [1.82, 2.24) is 4.72 Å². The fraction of sp³-hybridized carbons (Fsp3) is 0.455. The summed E-state index contributed by atoms with van der Waals surface area (Å²) in [5.74, 6) is 0. The molecular formula is C11H15Cl2NO3S. The molecule has 0 bridgehead atoms. The van der Waals surface area contributed by atoms with Gasteiger partial charge in [0.1, 0.15) is 0 Å². The lowest BCUT2D eigenvalue weighted by molar-refractivity contribution is 0.254. The van der Waals surface area contributed by atoms with Crippen LogP contribution in [0.3, 0.4) is 0 Å². The first-order chi connectivity index (χ1) is 8.31. The first-order valence-corrected chi connectivity index (χ1v) is 7.64. The van der Waals surface area contributed by atoms with Gasteiger partial charge in [0.25, 0.3) is 0 Å². The number of aliphatic hydroxyl groups is 1. The standard InChI is InChI=1S/C11H15Cl2NO3S/c1-3-8(6-15)14-18(16,17)11-5-10(13)9(12)4-7(11)2/h4-5,8,14-15H,3,6H2,1-2H3/t8-/m1/s1. The fourth-order valence-electron chi connectivity index (χ4n) is 1.45. The van der Waals surface area contributed by atoms with Crippen LogP contribution in [0.2, 0.25) is 10.0 Å². The molecule has 2 N–H and O–H groups in total. The van der Waals surface area contributed by atoms with Crippen LogP contribution in [0, 0.1) is 6.92 Å². The summed E-state index contributed by atoms with van der Waals surface area (Å²) in [4.78, 5) is 0.0730. The van der Waals surface area contributed by atoms with E-state index in [1.165, 1.54) is 12.1 Å². The first kappa shape index (κ1) is 15.7. The van der Waals surface area contributed by atoms with Gasteiger partial charge in [0.15, 0.2) is 0 Å². The number of rotatable bonds is 5. The van der Waals surface area contributed by atoms with Crippen molar-refractivity contribution in [3.63, 3.8) is 0 Å². The van der Waals surface area contributed by atoms with Crippen molar-refractivity contribution in [1.29, 1.82) is 0 Å². The number of nitrogens with one attached hydrogen (secondary N) is 1. The van der Waals surface area contributed by atoms with E-state index in [2.05, 4.69) is 4.72 Å². The summed E-state index contributed by atoms with van der Waals surface area (Å²) >= 11 is 11.6. The fourth-order valence-corrected chi connectivity index (χ4v) is 3.46. The summed E-state index contributed by atoms with van der Waals surface area (Å²) in [7, 11) is -3.71. The zero-order valence-corrected chi connectivity index (χ0v) is 12.4. The minimum atomic E-state index is -3.71. The van der Waals surface area contributed by atoms with Gasteiger partial charge in [0.2, 0.25) is 10.0 Å². The van der Waals surface area contributed by atoms with Gasteiger partial charge >= 0.3 is 0 Å². The minimum Gasteiger partial charge on any atom is -0.395 e. The average molecular weight is 312 g/mol. The third-order valence-electron chi connectivity index (χ3n) is 2.54. The van der Waals surface area contributed by atoms with Gasteiger partial charge < -0.3 is 5.11 Å². The van der Waals surface area contributed by atoms with Crippen LogP contribution in [0.15, 0.2) is 17.0 Å². The Labute approximate surface area is 117 Å². The number of aliphatic hydroxyl groups excluding tert-OH is 1. The van der Waals surface area contributed by atoms with Gasteiger partial charge in [0, 0.05) is 6.04 Å². The topological polar surface area (TPSA) is 66.4 Å². The summed E-state index contributed by atoms with van der Waals surface area (Å²) in [6, 6.07) is 2.30. The van der Waals surface area contributed by atoms with Crippen LogP contribution in [0.25, 0.3) is 0 Å². The molecule has 18 heavy (non-hydrogen) atoms. The largest absolute Gasteiger partial charge is 0.395 e. The van der Waals surface area contributed by atoms with E-state index in [1.54, 1.807) is 13.8 Å². The van der Waals surface area contributed by atoms with Crippen molar-refractivity contribution >= 4 is 33.2 Å². The molecule has 102 valence electrons. The highest BCUT2D eigenvalue weighted by Crippen LogP contribution is 2.28. The Bertz CT molecular complexity index is 527. The maximum atomic E-state index is 12.1. The second-order valence-electron chi connectivity index (χ2n) is 3.94. The Morgan fingerprint density at radius 3 is 2.39 bits per heavy atom. The van der Waals surface area contributed by atoms with E-state index in [4.69, 9.17) is 28.3 Å². The molecule has 0 aliphatic carbocycles. The Balaban J connectivity index is 3.16. The molecule has 0 saturated carbocycles. The average Bonchev–Trinajstić information content (AvgIpc) is 2.30. The first-order valence-electron chi connectivity index (χ1n) is 5.40. The van der Waals surface area contributed by atoms with Crippen LogP contribution in [0.5, 0.6) is 0 Å². The molecule has 0 heterocycles. The predicted molar refractivity (Wildman–Crippen MR) is 72.7 cm³/mol. The van der Waals surface area contributed by atoms with Crippen molar-refractivity contribution in [2.24, 2.45) is 0 Å². The molecule has 4 nitrogen and oxygen atoms in total. The molecule has 0 unspecified atom stereocenters. The van der Waals surface area contributed by atoms with Gasteiger partial charge in [-0.1, -0.05) is 30.1 Å². The van der Waals surface area contributed by atoms with E-state index < -0.39 is 16.1 Å². The molecular weight excluding hydrogens is 297 g/mol. The van der Waals surface area contributed by atoms with Crippen molar-refractivity contribution < 1.29 is 13.5 Å². The molecule has 1 aromatic carbocycles. The van der Waals surface area contributed by atoms with Gasteiger partial charge in [-0.3, -0.25) is 0 Å². The molecule has 1 atom stereocenters. The van der Waals surface area contributed by atoms with Gasteiger partial charge in [-0.05, 0) is 31.0 Å². The van der Waals surface area contributed by atoms with Gasteiger partial charge in [-0.15, -0.1) is 0 Å². The molecule has 0 spiro atoms. The van der Waals surface area contributed by atoms with E-state index in [0.717, 1.165) is 0 Å². The lowest BCUT2D eigenvalue weighted by Crippen LogP contribution is -2.37. The Morgan fingerprint density at radius 2 is 1.89 bits per heavy atom. The molecule has 7 heteroatoms. The van der Waals surface area contributed by atoms with E-state index >= 15 is 0 Å². The van der Waals surface area contributed by atoms with Gasteiger partial charge in [0.05, 0.1) is 21.5 Å². The quantitative estimate of drug-likeness (QED) is 0.877. The van der Waals surface area contributed by atoms with Crippen molar-refractivity contribution in [3.8, 4) is 0 Å². The monoisotopic (exact) mass is 311 g/mol. The molecule has 0 saturated heterocycles. The summed E-state index contributed by atoms with van der Waals surface area (Å²) < 4.78 is 26.7. The highest BCUT2D eigenvalue weighted by molar-refractivity contribution is 7.89. The lowest BCUT2D eigenvalue weighted by atomic mass is 10.2. The minimum absolute atomic E-state index is 0.0730. The number of sulfonamides is 1. The zero-order valence-electron chi connectivity index (χ0n) is 10.1. The molecule has 0 radical (unpaired) electrons. The van der Waals surface area contributed by atoms with Crippen LogP contribution >= 0.6 is 23.2 Å². The maximum Gasteiger partial charge on any atom is 0.241 e. The number of halogens is 2. The van der Waals surface area contributed by atoms with Crippen molar-refractivity contribution in [2.45, 2.75) is 31.2 Å². The van der Waals surface area contributed by atoms with E-state index in [9.17, 15) is 8.42 Å². The summed E-state index contributed by atoms with van der Waals surface area (Å²) in [6.45, 7) is 3.16. The van der Waals surface area contributed by atoms with Gasteiger partial charge in [-0.2, -0.15) is 0 Å². The molecule has 1 rings (SSSR count). The smallest absolute Gasteiger partial charge is 0.241 e. The molecule has 0 fully saturated rings. The SMILES string of the molecule is CC[C@H](CO)NS(=O)(=O)c1cc(Cl)c(Cl)cc1C. The second kappa shape index (κ2) is 6.21. The molecule has 0 amide bonds. The van der Waals surface area contributed by atoms with E-state index in [0.29, 0.717) is 17.0 Å². The van der Waals surface area contributed by atoms with E-state index in [-0.39, 0.29) is 16.5 Å². The molecule has 0 aliphatic rings. The van der Waals surface area contributed by atoms with Crippen molar-refractivity contribution in [3.05, 3.63) is 27.7 Å². The van der Waals surface area contributed by atoms with E-state index in [1.807, 2.05) is 0 Å². The zero-order chi connectivity index (χ0) is 13.9. The van der Waals surface area contributed by atoms with Crippen molar-refractivity contribution in [2.75, 3.05) is 6.61 Å². The second-order valence-corrected chi connectivity index (χ2v) is 6.44. The highest BCUT2D eigenvalue weighted by atomic mass is 35.5. The summed E-state index contributed by atoms with van der Waals surface area (Å²) in [6.07, 6.45) is 0.496. The van der Waals surface area contributed by atoms with Crippen LogP contribution in [0.1, 0.15) is 18.9 Å². The Kier molecular flexibility index (Phi) is 5.43. The van der Waals surface area contributed by atoms with Crippen LogP contribution < -0.4 is 4.72 Å². The Hall–Kier alpha value is -0.330. The molecule has 0 aromatic heterocycles. The maximum absolute atomic E-state index is 12.1. The Morgan fingerprint density at radius 1 is 1.33 bits per heavy atom. The highest BCUT2D eigenvalue weighted by Gasteiger charge is 2.21. The third-order valence-corrected chi connectivity index (χ3v) is 4.93. The van der Waals surface area contributed by atoms with Crippen LogP contribution in [0.4, 0.5) is 0 Å². The lowest BCUT2D eigenvalue weighted by Gasteiger charge is -2.16. The van der Waals surface area contributed by atoms with Crippen LogP contribution in [-0.2, 0) is 10.0 Å². The number of benzene rings is 1.